The molecule has 0 fully saturated rings. The van der Waals surface area contributed by atoms with E-state index in [-0.39, 0.29) is 0 Å². The van der Waals surface area contributed by atoms with Gasteiger partial charge in [-0.05, 0) is 13.6 Å². The van der Waals surface area contributed by atoms with Crippen molar-refractivity contribution in [1.82, 2.24) is 4.90 Å². The zero-order chi connectivity index (χ0) is 9.61. The topological polar surface area (TPSA) is 30.9 Å². The molecule has 0 aromatic heterocycles. The second kappa shape index (κ2) is 5.66. The third kappa shape index (κ3) is 3.20. The van der Waals surface area contributed by atoms with Gasteiger partial charge in [0.15, 0.2) is 0 Å². The van der Waals surface area contributed by atoms with Gasteiger partial charge in [-0.2, -0.15) is 0 Å². The van der Waals surface area contributed by atoms with E-state index in [1.165, 1.54) is 0 Å². The van der Waals surface area contributed by atoms with E-state index >= 15 is 0 Å². The van der Waals surface area contributed by atoms with Gasteiger partial charge in [0.05, 0.1) is 6.17 Å². The highest BCUT2D eigenvalue weighted by Crippen LogP contribution is 2.06. The van der Waals surface area contributed by atoms with Crippen LogP contribution in [0.3, 0.4) is 0 Å². The number of rotatable bonds is 6. The van der Waals surface area contributed by atoms with Crippen LogP contribution in [0.15, 0.2) is 0 Å². The van der Waals surface area contributed by atoms with E-state index in [1.54, 1.807) is 21.3 Å². The van der Waals surface area contributed by atoms with Gasteiger partial charge in [-0.1, -0.05) is 6.92 Å². The summed E-state index contributed by atoms with van der Waals surface area (Å²) in [5.74, 6) is 0. The molecule has 0 bridgehead atoms. The summed E-state index contributed by atoms with van der Waals surface area (Å²) in [5, 5.41) is 0. The average Bonchev–Trinajstić information content (AvgIpc) is 2.14. The van der Waals surface area contributed by atoms with Gasteiger partial charge < -0.3 is 18.2 Å². The quantitative estimate of drug-likeness (QED) is 0.570. The van der Waals surface area contributed by atoms with E-state index in [9.17, 15) is 0 Å². The first-order valence-corrected chi connectivity index (χ1v) is 5.91. The lowest BCUT2D eigenvalue weighted by atomic mass is 10.7. The first-order valence-electron chi connectivity index (χ1n) is 3.98. The Kier molecular flexibility index (Phi) is 5.69. The molecule has 12 heavy (non-hydrogen) atoms. The van der Waals surface area contributed by atoms with Crippen molar-refractivity contribution < 1.29 is 13.3 Å². The molecule has 0 aliphatic rings. The fraction of sp³-hybridized carbons (Fsp3) is 1.00. The molecule has 0 unspecified atom stereocenters. The van der Waals surface area contributed by atoms with Gasteiger partial charge in [0.25, 0.3) is 0 Å². The van der Waals surface area contributed by atoms with E-state index in [4.69, 9.17) is 13.3 Å². The zero-order valence-electron chi connectivity index (χ0n) is 8.59. The first kappa shape index (κ1) is 12.1. The van der Waals surface area contributed by atoms with Gasteiger partial charge in [0, 0.05) is 21.3 Å². The van der Waals surface area contributed by atoms with Crippen LogP contribution in [0.1, 0.15) is 6.92 Å². The van der Waals surface area contributed by atoms with Crippen LogP contribution in [-0.2, 0) is 13.3 Å². The predicted octanol–water partition coefficient (Wildman–Crippen LogP) is 0.355. The van der Waals surface area contributed by atoms with E-state index < -0.39 is 8.80 Å². The highest BCUT2D eigenvalue weighted by Gasteiger charge is 2.38. The second-order valence-electron chi connectivity index (χ2n) is 2.63. The Balaban J connectivity index is 4.09. The molecule has 0 aromatic rings. The number of hydrogen-bond donors (Lipinski definition) is 0. The summed E-state index contributed by atoms with van der Waals surface area (Å²) in [5.41, 5.74) is 0. The molecule has 0 aliphatic carbocycles. The number of nitrogens with zero attached hydrogens (tertiary/aromatic N) is 1. The minimum atomic E-state index is -2.38. The zero-order valence-corrected chi connectivity index (χ0v) is 9.59. The lowest BCUT2D eigenvalue weighted by Gasteiger charge is -2.28. The van der Waals surface area contributed by atoms with Crippen LogP contribution in [0.5, 0.6) is 0 Å². The van der Waals surface area contributed by atoms with Crippen molar-refractivity contribution in [3.05, 3.63) is 0 Å². The summed E-state index contributed by atoms with van der Waals surface area (Å²) in [6.45, 7) is 3.05. The lowest BCUT2D eigenvalue weighted by molar-refractivity contribution is 0.108. The maximum atomic E-state index is 5.26. The van der Waals surface area contributed by atoms with E-state index in [2.05, 4.69) is 11.8 Å². The van der Waals surface area contributed by atoms with Crippen molar-refractivity contribution in [2.45, 2.75) is 6.92 Å². The molecule has 0 aliphatic heterocycles. The van der Waals surface area contributed by atoms with Crippen molar-refractivity contribution >= 4 is 8.80 Å². The van der Waals surface area contributed by atoms with Crippen molar-refractivity contribution in [2.75, 3.05) is 41.1 Å². The van der Waals surface area contributed by atoms with Crippen molar-refractivity contribution in [3.8, 4) is 0 Å². The van der Waals surface area contributed by atoms with E-state index in [1.807, 2.05) is 7.05 Å². The Bertz CT molecular complexity index is 111. The molecule has 4 nitrogen and oxygen atoms in total. The first-order chi connectivity index (χ1) is 5.64. The monoisotopic (exact) mass is 193 g/mol. The van der Waals surface area contributed by atoms with Gasteiger partial charge in [0.2, 0.25) is 0 Å². The molecule has 0 amide bonds. The average molecular weight is 193 g/mol. The Morgan fingerprint density at radius 2 is 1.50 bits per heavy atom. The SMILES string of the molecule is CCN(C)C[Si](OC)(OC)OC. The van der Waals surface area contributed by atoms with Crippen molar-refractivity contribution in [1.29, 1.82) is 0 Å². The minimum Gasteiger partial charge on any atom is -0.376 e. The highest BCUT2D eigenvalue weighted by atomic mass is 28.4. The van der Waals surface area contributed by atoms with Crippen molar-refractivity contribution in [3.63, 3.8) is 0 Å². The molecule has 0 N–H and O–H groups in total. The van der Waals surface area contributed by atoms with Gasteiger partial charge >= 0.3 is 8.80 Å². The fourth-order valence-corrected chi connectivity index (χ4v) is 2.66. The third-order valence-electron chi connectivity index (χ3n) is 1.94. The van der Waals surface area contributed by atoms with Crippen LogP contribution in [0.4, 0.5) is 0 Å². The Labute approximate surface area is 75.8 Å². The summed E-state index contributed by atoms with van der Waals surface area (Å²) >= 11 is 0. The summed E-state index contributed by atoms with van der Waals surface area (Å²) in [7, 11) is 4.52. The maximum absolute atomic E-state index is 5.26. The van der Waals surface area contributed by atoms with Crippen LogP contribution in [0, 0.1) is 0 Å². The van der Waals surface area contributed by atoms with Crippen LogP contribution < -0.4 is 0 Å². The Morgan fingerprint density at radius 1 is 1.08 bits per heavy atom. The molecule has 0 saturated heterocycles. The summed E-state index contributed by atoms with van der Waals surface area (Å²) in [4.78, 5) is 2.11. The molecule has 0 aromatic carbocycles. The fourth-order valence-electron chi connectivity index (χ4n) is 0.886. The maximum Gasteiger partial charge on any atom is 0.514 e. The van der Waals surface area contributed by atoms with Gasteiger partial charge in [-0.3, -0.25) is 0 Å². The van der Waals surface area contributed by atoms with Gasteiger partial charge in [-0.25, -0.2) is 0 Å². The van der Waals surface area contributed by atoms with Crippen LogP contribution in [0.25, 0.3) is 0 Å². The molecule has 74 valence electrons. The van der Waals surface area contributed by atoms with Gasteiger partial charge in [-0.15, -0.1) is 0 Å². The van der Waals surface area contributed by atoms with Crippen molar-refractivity contribution in [2.24, 2.45) is 0 Å². The van der Waals surface area contributed by atoms with Crippen LogP contribution >= 0.6 is 0 Å². The smallest absolute Gasteiger partial charge is 0.376 e. The van der Waals surface area contributed by atoms with E-state index in [0.29, 0.717) is 0 Å². The second-order valence-corrected chi connectivity index (χ2v) is 5.53. The summed E-state index contributed by atoms with van der Waals surface area (Å²) in [6.07, 6.45) is 0.729. The molecule has 0 saturated carbocycles. The highest BCUT2D eigenvalue weighted by molar-refractivity contribution is 6.60. The van der Waals surface area contributed by atoms with E-state index in [0.717, 1.165) is 12.7 Å². The van der Waals surface area contributed by atoms with Crippen LogP contribution in [-0.4, -0.2) is 54.8 Å². The largest absolute Gasteiger partial charge is 0.514 e. The minimum absolute atomic E-state index is 0.729. The molecular weight excluding hydrogens is 174 g/mol. The molecule has 0 heterocycles. The summed E-state index contributed by atoms with van der Waals surface area (Å²) < 4.78 is 15.8. The summed E-state index contributed by atoms with van der Waals surface area (Å²) in [6, 6.07) is 0. The number of hydrogen-bond acceptors (Lipinski definition) is 4. The predicted molar refractivity (Wildman–Crippen MR) is 50.0 cm³/mol. The normalized spacial score (nSPS) is 12.5. The molecule has 0 rings (SSSR count). The molecule has 0 atom stereocenters. The third-order valence-corrected chi connectivity index (χ3v) is 4.73. The molecular formula is C7H19NO3Si. The Hall–Kier alpha value is 0.0569. The standard InChI is InChI=1S/C7H19NO3Si/c1-6-8(2)7-12(9-3,10-4)11-5/h6-7H2,1-5H3. The molecule has 5 heteroatoms. The van der Waals surface area contributed by atoms with Gasteiger partial charge in [0.1, 0.15) is 0 Å². The molecule has 0 radical (unpaired) electrons. The van der Waals surface area contributed by atoms with Crippen LogP contribution in [0.2, 0.25) is 0 Å². The molecule has 0 spiro atoms. The lowest BCUT2D eigenvalue weighted by Crippen LogP contribution is -2.52. The Morgan fingerprint density at radius 3 is 1.75 bits per heavy atom.